The van der Waals surface area contributed by atoms with Gasteiger partial charge in [0.15, 0.2) is 6.61 Å². The van der Waals surface area contributed by atoms with Crippen molar-refractivity contribution < 1.29 is 37.3 Å². The van der Waals surface area contributed by atoms with Crippen molar-refractivity contribution in [3.05, 3.63) is 54.1 Å². The summed E-state index contributed by atoms with van der Waals surface area (Å²) in [5, 5.41) is 2.49. The zero-order valence-electron chi connectivity index (χ0n) is 16.0. The monoisotopic (exact) mass is 421 g/mol. The number of esters is 1. The van der Waals surface area contributed by atoms with Crippen molar-refractivity contribution in [1.29, 1.82) is 0 Å². The van der Waals surface area contributed by atoms with Gasteiger partial charge in [-0.3, -0.25) is 4.79 Å². The molecular formula is C21H21F2NO6. The van der Waals surface area contributed by atoms with Crippen LogP contribution in [0.5, 0.6) is 11.5 Å². The summed E-state index contributed by atoms with van der Waals surface area (Å²) in [5.41, 5.74) is 0.631. The Morgan fingerprint density at radius 1 is 1.07 bits per heavy atom. The summed E-state index contributed by atoms with van der Waals surface area (Å²) in [6.07, 6.45) is 2.10. The van der Waals surface area contributed by atoms with Crippen molar-refractivity contribution in [2.24, 2.45) is 0 Å². The van der Waals surface area contributed by atoms with E-state index in [4.69, 9.17) is 14.2 Å². The van der Waals surface area contributed by atoms with E-state index >= 15 is 0 Å². The van der Waals surface area contributed by atoms with Crippen LogP contribution in [0.1, 0.15) is 23.2 Å². The molecule has 0 aromatic heterocycles. The van der Waals surface area contributed by atoms with E-state index in [0.29, 0.717) is 18.0 Å². The van der Waals surface area contributed by atoms with Gasteiger partial charge >= 0.3 is 12.6 Å². The summed E-state index contributed by atoms with van der Waals surface area (Å²) in [7, 11) is 0. The molecule has 1 aliphatic rings. The van der Waals surface area contributed by atoms with Crippen LogP contribution >= 0.6 is 0 Å². The lowest BCUT2D eigenvalue weighted by atomic mass is 10.2. The van der Waals surface area contributed by atoms with Gasteiger partial charge in [0, 0.05) is 12.3 Å². The van der Waals surface area contributed by atoms with Crippen LogP contribution in [0.4, 0.5) is 14.5 Å². The molecule has 30 heavy (non-hydrogen) atoms. The Kier molecular flexibility index (Phi) is 7.56. The minimum absolute atomic E-state index is 0.0300. The van der Waals surface area contributed by atoms with E-state index in [-0.39, 0.29) is 17.4 Å². The Labute approximate surface area is 171 Å². The summed E-state index contributed by atoms with van der Waals surface area (Å²) >= 11 is 0. The summed E-state index contributed by atoms with van der Waals surface area (Å²) < 4.78 is 44.6. The van der Waals surface area contributed by atoms with Gasteiger partial charge in [-0.15, -0.1) is 0 Å². The molecule has 2 aromatic carbocycles. The number of hydrogen-bond donors (Lipinski definition) is 1. The van der Waals surface area contributed by atoms with E-state index in [1.165, 1.54) is 24.3 Å². The van der Waals surface area contributed by atoms with Crippen molar-refractivity contribution in [3.8, 4) is 11.5 Å². The van der Waals surface area contributed by atoms with E-state index in [0.717, 1.165) is 19.4 Å². The lowest BCUT2D eigenvalue weighted by Crippen LogP contribution is -2.21. The van der Waals surface area contributed by atoms with Crippen LogP contribution in [-0.4, -0.2) is 44.4 Å². The largest absolute Gasteiger partial charge is 0.491 e. The van der Waals surface area contributed by atoms with Crippen LogP contribution in [0.2, 0.25) is 0 Å². The van der Waals surface area contributed by atoms with Crippen LogP contribution in [0, 0.1) is 0 Å². The standard InChI is InChI=1S/C21H21F2NO6/c22-21(23)30-17-9-5-15(6-10-17)24-19(25)13-29-20(26)14-3-7-16(8-4-14)28-12-18-2-1-11-27-18/h3-10,18,21H,1-2,11-13H2,(H,24,25). The Morgan fingerprint density at radius 3 is 2.40 bits per heavy atom. The first-order valence-corrected chi connectivity index (χ1v) is 9.36. The molecule has 1 heterocycles. The van der Waals surface area contributed by atoms with Crippen molar-refractivity contribution in [3.63, 3.8) is 0 Å². The molecule has 1 fully saturated rings. The molecule has 160 valence electrons. The highest BCUT2D eigenvalue weighted by atomic mass is 19.3. The van der Waals surface area contributed by atoms with E-state index in [9.17, 15) is 18.4 Å². The first kappa shape index (κ1) is 21.5. The van der Waals surface area contributed by atoms with Crippen LogP contribution < -0.4 is 14.8 Å². The second kappa shape index (κ2) is 10.5. The molecule has 7 nitrogen and oxygen atoms in total. The molecule has 0 saturated carbocycles. The number of carbonyl (C=O) groups excluding carboxylic acids is 2. The van der Waals surface area contributed by atoms with Crippen molar-refractivity contribution in [1.82, 2.24) is 0 Å². The third-order valence-electron chi connectivity index (χ3n) is 4.25. The lowest BCUT2D eigenvalue weighted by Gasteiger charge is -2.11. The van der Waals surface area contributed by atoms with Crippen molar-refractivity contribution in [2.75, 3.05) is 25.1 Å². The summed E-state index contributed by atoms with van der Waals surface area (Å²) in [6.45, 7) is -2.21. The third-order valence-corrected chi connectivity index (χ3v) is 4.25. The minimum atomic E-state index is -2.92. The molecule has 3 rings (SSSR count). The van der Waals surface area contributed by atoms with Gasteiger partial charge in [-0.05, 0) is 61.4 Å². The predicted octanol–water partition coefficient (Wildman–Crippen LogP) is 3.64. The number of anilines is 1. The smallest absolute Gasteiger partial charge is 0.387 e. The van der Waals surface area contributed by atoms with Gasteiger partial charge in [0.25, 0.3) is 5.91 Å². The van der Waals surface area contributed by atoms with Gasteiger partial charge in [0.2, 0.25) is 0 Å². The second-order valence-corrected chi connectivity index (χ2v) is 6.50. The molecule has 0 radical (unpaired) electrons. The van der Waals surface area contributed by atoms with Gasteiger partial charge < -0.3 is 24.3 Å². The van der Waals surface area contributed by atoms with Gasteiger partial charge in [-0.2, -0.15) is 8.78 Å². The number of carbonyl (C=O) groups is 2. The van der Waals surface area contributed by atoms with Crippen LogP contribution in [0.25, 0.3) is 0 Å². The Hall–Kier alpha value is -3.20. The molecule has 1 unspecified atom stereocenters. The Morgan fingerprint density at radius 2 is 1.77 bits per heavy atom. The maximum atomic E-state index is 12.1. The number of benzene rings is 2. The number of amides is 1. The van der Waals surface area contributed by atoms with E-state index in [1.807, 2.05) is 0 Å². The average molecular weight is 421 g/mol. The first-order valence-electron chi connectivity index (χ1n) is 9.36. The highest BCUT2D eigenvalue weighted by Crippen LogP contribution is 2.18. The third kappa shape index (κ3) is 6.70. The fourth-order valence-electron chi connectivity index (χ4n) is 2.78. The van der Waals surface area contributed by atoms with Crippen LogP contribution in [0.3, 0.4) is 0 Å². The second-order valence-electron chi connectivity index (χ2n) is 6.50. The molecule has 9 heteroatoms. The first-order chi connectivity index (χ1) is 14.5. The van der Waals surface area contributed by atoms with Gasteiger partial charge in [0.1, 0.15) is 18.1 Å². The number of rotatable bonds is 9. The maximum Gasteiger partial charge on any atom is 0.387 e. The zero-order chi connectivity index (χ0) is 21.3. The SMILES string of the molecule is O=C(COC(=O)c1ccc(OCC2CCCO2)cc1)Nc1ccc(OC(F)F)cc1. The highest BCUT2D eigenvalue weighted by molar-refractivity contribution is 5.95. The molecule has 0 spiro atoms. The van der Waals surface area contributed by atoms with Crippen LogP contribution in [-0.2, 0) is 14.3 Å². The molecule has 2 aromatic rings. The average Bonchev–Trinajstić information content (AvgIpc) is 3.26. The molecule has 1 amide bonds. The summed E-state index contributed by atoms with van der Waals surface area (Å²) in [6, 6.07) is 11.8. The minimum Gasteiger partial charge on any atom is -0.491 e. The number of alkyl halides is 2. The number of halogens is 2. The van der Waals surface area contributed by atoms with Gasteiger partial charge in [0.05, 0.1) is 11.7 Å². The van der Waals surface area contributed by atoms with Crippen LogP contribution in [0.15, 0.2) is 48.5 Å². The predicted molar refractivity (Wildman–Crippen MR) is 103 cm³/mol. The Bertz CT molecular complexity index is 836. The fraction of sp³-hybridized carbons (Fsp3) is 0.333. The maximum absolute atomic E-state index is 12.1. The van der Waals surface area contributed by atoms with E-state index in [1.54, 1.807) is 24.3 Å². The van der Waals surface area contributed by atoms with E-state index < -0.39 is 25.1 Å². The normalized spacial score (nSPS) is 15.6. The summed E-state index contributed by atoms with van der Waals surface area (Å²) in [5.74, 6) is -0.643. The van der Waals surface area contributed by atoms with Crippen molar-refractivity contribution in [2.45, 2.75) is 25.6 Å². The fourth-order valence-corrected chi connectivity index (χ4v) is 2.78. The quantitative estimate of drug-likeness (QED) is 0.623. The van der Waals surface area contributed by atoms with Crippen molar-refractivity contribution >= 4 is 17.6 Å². The molecule has 0 bridgehead atoms. The molecular weight excluding hydrogens is 400 g/mol. The topological polar surface area (TPSA) is 83.1 Å². The molecule has 1 N–H and O–H groups in total. The Balaban J connectivity index is 1.41. The molecule has 0 aliphatic carbocycles. The molecule has 1 saturated heterocycles. The molecule has 1 aliphatic heterocycles. The van der Waals surface area contributed by atoms with Gasteiger partial charge in [-0.25, -0.2) is 4.79 Å². The number of hydrogen-bond acceptors (Lipinski definition) is 6. The van der Waals surface area contributed by atoms with Gasteiger partial charge in [-0.1, -0.05) is 0 Å². The lowest BCUT2D eigenvalue weighted by molar-refractivity contribution is -0.119. The number of ether oxygens (including phenoxy) is 4. The molecule has 1 atom stereocenters. The van der Waals surface area contributed by atoms with E-state index in [2.05, 4.69) is 10.1 Å². The highest BCUT2D eigenvalue weighted by Gasteiger charge is 2.16. The summed E-state index contributed by atoms with van der Waals surface area (Å²) in [4.78, 5) is 24.0. The number of nitrogens with one attached hydrogen (secondary N) is 1. The zero-order valence-corrected chi connectivity index (χ0v) is 16.0.